The lowest BCUT2D eigenvalue weighted by atomic mass is 10.4. The molecule has 1 heterocycles. The second-order valence-electron chi connectivity index (χ2n) is 2.73. The maximum Gasteiger partial charge on any atom is 0.266 e. The van der Waals surface area contributed by atoms with Crippen molar-refractivity contribution in [2.24, 2.45) is 0 Å². The second-order valence-corrected chi connectivity index (χ2v) is 4.30. The SMILES string of the molecule is O=C1CCC(=O)N1CCS(=O)(=O)O. The van der Waals surface area contributed by atoms with Crippen molar-refractivity contribution < 1.29 is 22.6 Å². The van der Waals surface area contributed by atoms with Crippen molar-refractivity contribution in [3.05, 3.63) is 0 Å². The molecule has 74 valence electrons. The molecule has 1 rings (SSSR count). The van der Waals surface area contributed by atoms with Gasteiger partial charge in [0, 0.05) is 19.4 Å². The molecule has 7 heteroatoms. The van der Waals surface area contributed by atoms with Crippen LogP contribution in [0.1, 0.15) is 12.8 Å². The average Bonchev–Trinajstić information content (AvgIpc) is 2.27. The first-order valence-electron chi connectivity index (χ1n) is 3.68. The number of hydrogen-bond donors (Lipinski definition) is 1. The van der Waals surface area contributed by atoms with Crippen LogP contribution in [0.2, 0.25) is 0 Å². The summed E-state index contributed by atoms with van der Waals surface area (Å²) in [7, 11) is -4.10. The van der Waals surface area contributed by atoms with Crippen LogP contribution in [0.3, 0.4) is 0 Å². The molecular weight excluding hydrogens is 198 g/mol. The molecule has 0 radical (unpaired) electrons. The van der Waals surface area contributed by atoms with E-state index in [4.69, 9.17) is 4.55 Å². The first-order chi connectivity index (χ1) is 5.90. The minimum Gasteiger partial charge on any atom is -0.285 e. The van der Waals surface area contributed by atoms with Crippen LogP contribution in [0.4, 0.5) is 0 Å². The molecule has 0 atom stereocenters. The van der Waals surface area contributed by atoms with Crippen molar-refractivity contribution in [1.29, 1.82) is 0 Å². The molecule has 6 nitrogen and oxygen atoms in total. The summed E-state index contributed by atoms with van der Waals surface area (Å²) in [6, 6.07) is 0. The van der Waals surface area contributed by atoms with Crippen LogP contribution >= 0.6 is 0 Å². The van der Waals surface area contributed by atoms with Gasteiger partial charge >= 0.3 is 0 Å². The summed E-state index contributed by atoms with van der Waals surface area (Å²) in [4.78, 5) is 22.7. The molecule has 1 aliphatic heterocycles. The van der Waals surface area contributed by atoms with Gasteiger partial charge in [0.25, 0.3) is 10.1 Å². The molecule has 0 bridgehead atoms. The van der Waals surface area contributed by atoms with E-state index in [1.807, 2.05) is 0 Å². The molecule has 1 N–H and O–H groups in total. The van der Waals surface area contributed by atoms with Gasteiger partial charge in [0.1, 0.15) is 0 Å². The maximum atomic E-state index is 10.9. The molecule has 1 fully saturated rings. The van der Waals surface area contributed by atoms with E-state index in [0.29, 0.717) is 0 Å². The van der Waals surface area contributed by atoms with Crippen molar-refractivity contribution in [1.82, 2.24) is 4.90 Å². The first-order valence-corrected chi connectivity index (χ1v) is 5.29. The zero-order valence-electron chi connectivity index (χ0n) is 6.76. The van der Waals surface area contributed by atoms with Crippen LogP contribution in [0.15, 0.2) is 0 Å². The van der Waals surface area contributed by atoms with Crippen LogP contribution in [0.25, 0.3) is 0 Å². The molecule has 0 saturated carbocycles. The van der Waals surface area contributed by atoms with Crippen molar-refractivity contribution in [2.75, 3.05) is 12.3 Å². The van der Waals surface area contributed by atoms with Gasteiger partial charge < -0.3 is 0 Å². The lowest BCUT2D eigenvalue weighted by Crippen LogP contribution is -2.33. The molecule has 0 aromatic carbocycles. The maximum absolute atomic E-state index is 10.9. The van der Waals surface area contributed by atoms with Crippen molar-refractivity contribution >= 4 is 21.9 Å². The number of carbonyl (C=O) groups excluding carboxylic acids is 2. The topological polar surface area (TPSA) is 91.8 Å². The highest BCUT2D eigenvalue weighted by atomic mass is 32.2. The number of hydrogen-bond acceptors (Lipinski definition) is 4. The van der Waals surface area contributed by atoms with Crippen LogP contribution < -0.4 is 0 Å². The molecule has 2 amide bonds. The first kappa shape index (κ1) is 10.1. The van der Waals surface area contributed by atoms with Gasteiger partial charge in [0.2, 0.25) is 11.8 Å². The summed E-state index contributed by atoms with van der Waals surface area (Å²) in [5, 5.41) is 0. The number of amides is 2. The van der Waals surface area contributed by atoms with Crippen molar-refractivity contribution in [2.45, 2.75) is 12.8 Å². The van der Waals surface area contributed by atoms with Crippen LogP contribution in [-0.2, 0) is 19.7 Å². The fraction of sp³-hybridized carbons (Fsp3) is 0.667. The Hall–Kier alpha value is -0.950. The van der Waals surface area contributed by atoms with Gasteiger partial charge in [0.05, 0.1) is 5.75 Å². The molecule has 0 aromatic heterocycles. The quantitative estimate of drug-likeness (QED) is 0.474. The Morgan fingerprint density at radius 1 is 1.23 bits per heavy atom. The van der Waals surface area contributed by atoms with Crippen LogP contribution in [0.5, 0.6) is 0 Å². The fourth-order valence-corrected chi connectivity index (χ4v) is 1.49. The third-order valence-corrected chi connectivity index (χ3v) is 2.43. The van der Waals surface area contributed by atoms with Gasteiger partial charge in [-0.2, -0.15) is 8.42 Å². The number of rotatable bonds is 3. The number of nitrogens with zero attached hydrogens (tertiary/aromatic N) is 1. The summed E-state index contributed by atoms with van der Waals surface area (Å²) < 4.78 is 29.0. The van der Waals surface area contributed by atoms with Gasteiger partial charge in [-0.05, 0) is 0 Å². The predicted molar refractivity (Wildman–Crippen MR) is 42.4 cm³/mol. The van der Waals surface area contributed by atoms with Gasteiger partial charge in [-0.1, -0.05) is 0 Å². The fourth-order valence-electron chi connectivity index (χ4n) is 1.08. The standard InChI is InChI=1S/C6H9NO5S/c8-5-1-2-6(9)7(5)3-4-13(10,11)12/h1-4H2,(H,10,11,12). The smallest absolute Gasteiger partial charge is 0.266 e. The molecular formula is C6H9NO5S. The Morgan fingerprint density at radius 3 is 2.08 bits per heavy atom. The second kappa shape index (κ2) is 3.43. The Bertz CT molecular complexity index is 317. The highest BCUT2D eigenvalue weighted by Gasteiger charge is 2.29. The molecule has 0 spiro atoms. The largest absolute Gasteiger partial charge is 0.285 e. The van der Waals surface area contributed by atoms with Gasteiger partial charge in [0.15, 0.2) is 0 Å². The van der Waals surface area contributed by atoms with E-state index in [1.54, 1.807) is 0 Å². The van der Waals surface area contributed by atoms with Gasteiger partial charge in [-0.15, -0.1) is 0 Å². The average molecular weight is 207 g/mol. The number of imide groups is 1. The van der Waals surface area contributed by atoms with E-state index in [-0.39, 0.29) is 31.2 Å². The van der Waals surface area contributed by atoms with E-state index in [2.05, 4.69) is 0 Å². The van der Waals surface area contributed by atoms with E-state index >= 15 is 0 Å². The lowest BCUT2D eigenvalue weighted by molar-refractivity contribution is -0.137. The molecule has 0 aromatic rings. The monoisotopic (exact) mass is 207 g/mol. The van der Waals surface area contributed by atoms with Crippen LogP contribution in [-0.4, -0.2) is 42.0 Å². The summed E-state index contributed by atoms with van der Waals surface area (Å²) >= 11 is 0. The molecule has 1 aliphatic rings. The van der Waals surface area contributed by atoms with Gasteiger partial charge in [-0.3, -0.25) is 19.0 Å². The van der Waals surface area contributed by atoms with Crippen molar-refractivity contribution in [3.63, 3.8) is 0 Å². The van der Waals surface area contributed by atoms with E-state index in [9.17, 15) is 18.0 Å². The van der Waals surface area contributed by atoms with E-state index < -0.39 is 15.9 Å². The molecule has 1 saturated heterocycles. The molecule has 0 unspecified atom stereocenters. The third-order valence-electron chi connectivity index (χ3n) is 1.73. The number of carbonyl (C=O) groups is 2. The molecule has 13 heavy (non-hydrogen) atoms. The predicted octanol–water partition coefficient (Wildman–Crippen LogP) is -0.977. The Balaban J connectivity index is 2.54. The highest BCUT2D eigenvalue weighted by Crippen LogP contribution is 2.10. The summed E-state index contributed by atoms with van der Waals surface area (Å²) in [6.45, 7) is -0.253. The Morgan fingerprint density at radius 2 is 1.69 bits per heavy atom. The van der Waals surface area contributed by atoms with Crippen LogP contribution in [0, 0.1) is 0 Å². The van der Waals surface area contributed by atoms with E-state index in [1.165, 1.54) is 0 Å². The van der Waals surface area contributed by atoms with E-state index in [0.717, 1.165) is 4.90 Å². The minimum atomic E-state index is -4.10. The number of likely N-dealkylation sites (tertiary alicyclic amines) is 1. The normalized spacial score (nSPS) is 18.4. The zero-order chi connectivity index (χ0) is 10.1. The minimum absolute atomic E-state index is 0.129. The van der Waals surface area contributed by atoms with Gasteiger partial charge in [-0.25, -0.2) is 0 Å². The third kappa shape index (κ3) is 2.78. The molecule has 0 aliphatic carbocycles. The summed E-state index contributed by atoms with van der Waals surface area (Å²) in [6.07, 6.45) is 0.259. The Kier molecular flexibility index (Phi) is 2.67. The lowest BCUT2D eigenvalue weighted by Gasteiger charge is -2.11. The van der Waals surface area contributed by atoms with Crippen molar-refractivity contribution in [3.8, 4) is 0 Å². The highest BCUT2D eigenvalue weighted by molar-refractivity contribution is 7.85. The Labute approximate surface area is 75.3 Å². The summed E-state index contributed by atoms with van der Waals surface area (Å²) in [5.41, 5.74) is 0. The zero-order valence-corrected chi connectivity index (χ0v) is 7.58. The summed E-state index contributed by atoms with van der Waals surface area (Å²) in [5.74, 6) is -1.35.